The zero-order valence-corrected chi connectivity index (χ0v) is 11.3. The molecular weight excluding hydrogens is 242 g/mol. The van der Waals surface area contributed by atoms with Gasteiger partial charge in [-0.2, -0.15) is 4.98 Å². The molecule has 1 unspecified atom stereocenters. The molecular formula is C13H19N5O. The first kappa shape index (κ1) is 12.2. The van der Waals surface area contributed by atoms with Crippen molar-refractivity contribution in [2.24, 2.45) is 5.73 Å². The summed E-state index contributed by atoms with van der Waals surface area (Å²) in [6.45, 7) is 5.65. The first-order valence-corrected chi connectivity index (χ1v) is 6.64. The fourth-order valence-electron chi connectivity index (χ4n) is 2.57. The quantitative estimate of drug-likeness (QED) is 0.858. The second-order valence-electron chi connectivity index (χ2n) is 5.16. The highest BCUT2D eigenvalue weighted by Gasteiger charge is 2.21. The number of rotatable bonds is 2. The monoisotopic (exact) mass is 261 g/mol. The van der Waals surface area contributed by atoms with Crippen molar-refractivity contribution in [1.82, 2.24) is 15.2 Å². The maximum atomic E-state index is 5.99. The predicted octanol–water partition coefficient (Wildman–Crippen LogP) is 1.61. The van der Waals surface area contributed by atoms with Gasteiger partial charge in [0.15, 0.2) is 5.82 Å². The fourth-order valence-corrected chi connectivity index (χ4v) is 2.57. The van der Waals surface area contributed by atoms with Crippen LogP contribution in [0.4, 0.5) is 5.95 Å². The van der Waals surface area contributed by atoms with Gasteiger partial charge in [0.2, 0.25) is 5.95 Å². The Morgan fingerprint density at radius 1 is 1.47 bits per heavy atom. The number of nitrogens with zero attached hydrogens (tertiary/aromatic N) is 3. The number of aromatic amines is 1. The van der Waals surface area contributed by atoms with Crippen LogP contribution >= 0.6 is 0 Å². The molecule has 19 heavy (non-hydrogen) atoms. The zero-order valence-electron chi connectivity index (χ0n) is 11.3. The molecule has 3 N–H and O–H groups in total. The van der Waals surface area contributed by atoms with Gasteiger partial charge in [0.1, 0.15) is 11.5 Å². The minimum Gasteiger partial charge on any atom is -0.466 e. The second-order valence-corrected chi connectivity index (χ2v) is 5.16. The Bertz CT molecular complexity index is 573. The van der Waals surface area contributed by atoms with Gasteiger partial charge >= 0.3 is 0 Å². The highest BCUT2D eigenvalue weighted by molar-refractivity contribution is 5.59. The third-order valence-electron chi connectivity index (χ3n) is 3.51. The summed E-state index contributed by atoms with van der Waals surface area (Å²) < 4.78 is 5.52. The number of anilines is 1. The van der Waals surface area contributed by atoms with E-state index in [-0.39, 0.29) is 6.04 Å². The number of H-pyrrole nitrogens is 1. The van der Waals surface area contributed by atoms with Crippen LogP contribution in [-0.2, 0) is 0 Å². The van der Waals surface area contributed by atoms with Gasteiger partial charge in [0, 0.05) is 19.1 Å². The van der Waals surface area contributed by atoms with E-state index in [2.05, 4.69) is 20.1 Å². The molecule has 1 saturated heterocycles. The van der Waals surface area contributed by atoms with Gasteiger partial charge in [-0.15, -0.1) is 5.10 Å². The maximum absolute atomic E-state index is 5.99. The van der Waals surface area contributed by atoms with Crippen molar-refractivity contribution >= 4 is 5.95 Å². The van der Waals surface area contributed by atoms with Crippen molar-refractivity contribution in [3.05, 3.63) is 17.6 Å². The summed E-state index contributed by atoms with van der Waals surface area (Å²) in [6.07, 6.45) is 2.17. The Kier molecular flexibility index (Phi) is 3.02. The van der Waals surface area contributed by atoms with E-state index in [1.807, 2.05) is 19.9 Å². The highest BCUT2D eigenvalue weighted by Crippen LogP contribution is 2.25. The average molecular weight is 261 g/mol. The number of hydrogen-bond donors (Lipinski definition) is 2. The lowest BCUT2D eigenvalue weighted by Crippen LogP contribution is -2.43. The Morgan fingerprint density at radius 2 is 2.32 bits per heavy atom. The number of nitrogens with one attached hydrogen (secondary N) is 1. The number of aryl methyl sites for hydroxylation is 2. The summed E-state index contributed by atoms with van der Waals surface area (Å²) >= 11 is 0. The smallest absolute Gasteiger partial charge is 0.245 e. The lowest BCUT2D eigenvalue weighted by molar-refractivity contribution is 0.500. The van der Waals surface area contributed by atoms with Crippen LogP contribution in [0.5, 0.6) is 0 Å². The van der Waals surface area contributed by atoms with Crippen LogP contribution in [0, 0.1) is 13.8 Å². The van der Waals surface area contributed by atoms with E-state index in [1.54, 1.807) is 0 Å². The van der Waals surface area contributed by atoms with Crippen molar-refractivity contribution in [3.8, 4) is 11.4 Å². The molecule has 0 aromatic carbocycles. The molecule has 6 heteroatoms. The molecule has 0 bridgehead atoms. The minimum atomic E-state index is 0.216. The van der Waals surface area contributed by atoms with Gasteiger partial charge in [0.05, 0.1) is 5.56 Å². The van der Waals surface area contributed by atoms with Gasteiger partial charge in [-0.3, -0.25) is 5.10 Å². The van der Waals surface area contributed by atoms with Crippen molar-refractivity contribution in [2.45, 2.75) is 32.7 Å². The third kappa shape index (κ3) is 2.35. The molecule has 1 fully saturated rings. The van der Waals surface area contributed by atoms with Gasteiger partial charge in [-0.25, -0.2) is 0 Å². The zero-order chi connectivity index (χ0) is 13.4. The SMILES string of the molecule is Cc1cc(-c2nc(N3CCCC(N)C3)n[nH]2)c(C)o1. The molecule has 2 aromatic rings. The van der Waals surface area contributed by atoms with Crippen LogP contribution in [-0.4, -0.2) is 34.3 Å². The Hall–Kier alpha value is -1.82. The van der Waals surface area contributed by atoms with E-state index in [9.17, 15) is 0 Å². The molecule has 0 amide bonds. The summed E-state index contributed by atoms with van der Waals surface area (Å²) in [5, 5.41) is 7.28. The van der Waals surface area contributed by atoms with Crippen LogP contribution in [0.3, 0.4) is 0 Å². The van der Waals surface area contributed by atoms with Gasteiger partial charge in [-0.05, 0) is 32.8 Å². The molecule has 3 heterocycles. The maximum Gasteiger partial charge on any atom is 0.245 e. The average Bonchev–Trinajstić information content (AvgIpc) is 2.96. The first-order valence-electron chi connectivity index (χ1n) is 6.64. The molecule has 0 aliphatic carbocycles. The minimum absolute atomic E-state index is 0.216. The summed E-state index contributed by atoms with van der Waals surface area (Å²) in [5.74, 6) is 3.22. The van der Waals surface area contributed by atoms with E-state index in [1.165, 1.54) is 0 Å². The summed E-state index contributed by atoms with van der Waals surface area (Å²) in [4.78, 5) is 6.69. The molecule has 0 spiro atoms. The summed E-state index contributed by atoms with van der Waals surface area (Å²) in [7, 11) is 0. The molecule has 1 atom stereocenters. The van der Waals surface area contributed by atoms with Crippen LogP contribution in [0.2, 0.25) is 0 Å². The van der Waals surface area contributed by atoms with E-state index >= 15 is 0 Å². The molecule has 102 valence electrons. The van der Waals surface area contributed by atoms with Gasteiger partial charge in [-0.1, -0.05) is 0 Å². The number of furan rings is 1. The lowest BCUT2D eigenvalue weighted by Gasteiger charge is -2.29. The molecule has 0 saturated carbocycles. The molecule has 2 aromatic heterocycles. The van der Waals surface area contributed by atoms with E-state index in [4.69, 9.17) is 10.2 Å². The van der Waals surface area contributed by atoms with Crippen LogP contribution in [0.1, 0.15) is 24.4 Å². The Labute approximate surface area is 112 Å². The molecule has 6 nitrogen and oxygen atoms in total. The van der Waals surface area contributed by atoms with E-state index < -0.39 is 0 Å². The summed E-state index contributed by atoms with van der Waals surface area (Å²) in [5.41, 5.74) is 6.96. The van der Waals surface area contributed by atoms with Crippen LogP contribution < -0.4 is 10.6 Å². The van der Waals surface area contributed by atoms with Crippen molar-refractivity contribution in [2.75, 3.05) is 18.0 Å². The fraction of sp³-hybridized carbons (Fsp3) is 0.538. The number of aromatic nitrogens is 3. The third-order valence-corrected chi connectivity index (χ3v) is 3.51. The number of nitrogens with two attached hydrogens (primary N) is 1. The van der Waals surface area contributed by atoms with E-state index in [0.29, 0.717) is 0 Å². The van der Waals surface area contributed by atoms with Crippen molar-refractivity contribution in [1.29, 1.82) is 0 Å². The van der Waals surface area contributed by atoms with Crippen LogP contribution in [0.15, 0.2) is 10.5 Å². The van der Waals surface area contributed by atoms with E-state index in [0.717, 1.165) is 54.8 Å². The second kappa shape index (κ2) is 4.70. The van der Waals surface area contributed by atoms with Gasteiger partial charge in [0.25, 0.3) is 0 Å². The predicted molar refractivity (Wildman–Crippen MR) is 73.0 cm³/mol. The van der Waals surface area contributed by atoms with Crippen molar-refractivity contribution < 1.29 is 4.42 Å². The topological polar surface area (TPSA) is 84.0 Å². The highest BCUT2D eigenvalue weighted by atomic mass is 16.3. The molecule has 1 aliphatic heterocycles. The molecule has 1 aliphatic rings. The summed E-state index contributed by atoms with van der Waals surface area (Å²) in [6, 6.07) is 2.19. The number of piperidine rings is 1. The molecule has 0 radical (unpaired) electrons. The lowest BCUT2D eigenvalue weighted by atomic mass is 10.1. The standard InChI is InChI=1S/C13H19N5O/c1-8-6-11(9(2)19-8)12-15-13(17-16-12)18-5-3-4-10(14)7-18/h6,10H,3-5,7,14H2,1-2H3,(H,15,16,17). The van der Waals surface area contributed by atoms with Crippen molar-refractivity contribution in [3.63, 3.8) is 0 Å². The number of hydrogen-bond acceptors (Lipinski definition) is 5. The Balaban J connectivity index is 1.85. The Morgan fingerprint density at radius 3 is 3.00 bits per heavy atom. The normalized spacial score (nSPS) is 19.9. The largest absolute Gasteiger partial charge is 0.466 e. The molecule has 3 rings (SSSR count). The first-order chi connectivity index (χ1) is 9.13. The van der Waals surface area contributed by atoms with Gasteiger partial charge < -0.3 is 15.1 Å². The van der Waals surface area contributed by atoms with Crippen LogP contribution in [0.25, 0.3) is 11.4 Å².